The molecular weight excluding hydrogens is 298 g/mol. The summed E-state index contributed by atoms with van der Waals surface area (Å²) in [5, 5.41) is 0. The van der Waals surface area contributed by atoms with Crippen LogP contribution in [0.3, 0.4) is 0 Å². The molecular formula is C14H14F2N2O2S. The Morgan fingerprint density at radius 3 is 2.24 bits per heavy atom. The monoisotopic (exact) mass is 312 g/mol. The van der Waals surface area contributed by atoms with Gasteiger partial charge in [-0.15, -0.1) is 0 Å². The Hall–Kier alpha value is -1.99. The van der Waals surface area contributed by atoms with Gasteiger partial charge in [-0.25, -0.2) is 17.2 Å². The average molecular weight is 312 g/mol. The van der Waals surface area contributed by atoms with Crippen LogP contribution >= 0.6 is 0 Å². The number of hydrogen-bond acceptors (Lipinski definition) is 3. The van der Waals surface area contributed by atoms with Gasteiger partial charge in [0.15, 0.2) is 0 Å². The van der Waals surface area contributed by atoms with Crippen LogP contribution in [-0.2, 0) is 16.6 Å². The smallest absolute Gasteiger partial charge is 0.266 e. The molecule has 0 unspecified atom stereocenters. The van der Waals surface area contributed by atoms with Crippen molar-refractivity contribution < 1.29 is 17.2 Å². The van der Waals surface area contributed by atoms with Gasteiger partial charge in [0, 0.05) is 19.7 Å². The topological polar surface area (TPSA) is 63.4 Å². The van der Waals surface area contributed by atoms with Crippen LogP contribution in [-0.4, -0.2) is 15.5 Å². The van der Waals surface area contributed by atoms with Crippen LogP contribution in [0, 0.1) is 11.6 Å². The molecule has 2 aromatic rings. The fourth-order valence-electron chi connectivity index (χ4n) is 1.81. The first-order valence-electron chi connectivity index (χ1n) is 6.09. The van der Waals surface area contributed by atoms with E-state index in [0.717, 1.165) is 22.0 Å². The van der Waals surface area contributed by atoms with Crippen molar-refractivity contribution >= 4 is 15.7 Å². The van der Waals surface area contributed by atoms with Gasteiger partial charge in [0.05, 0.1) is 5.69 Å². The zero-order chi connectivity index (χ0) is 15.6. The third-order valence-corrected chi connectivity index (χ3v) is 4.89. The van der Waals surface area contributed by atoms with Gasteiger partial charge in [-0.05, 0) is 29.8 Å². The summed E-state index contributed by atoms with van der Waals surface area (Å²) < 4.78 is 52.2. The van der Waals surface area contributed by atoms with E-state index in [1.807, 2.05) is 0 Å². The lowest BCUT2D eigenvalue weighted by Gasteiger charge is -2.20. The van der Waals surface area contributed by atoms with E-state index in [1.165, 1.54) is 7.05 Å². The van der Waals surface area contributed by atoms with Crippen LogP contribution in [0.25, 0.3) is 0 Å². The lowest BCUT2D eigenvalue weighted by Crippen LogP contribution is -2.27. The highest BCUT2D eigenvalue weighted by molar-refractivity contribution is 7.92. The minimum Gasteiger partial charge on any atom is -0.326 e. The summed E-state index contributed by atoms with van der Waals surface area (Å²) in [5.41, 5.74) is 6.67. The summed E-state index contributed by atoms with van der Waals surface area (Å²) in [7, 11) is -2.80. The average Bonchev–Trinajstić information content (AvgIpc) is 2.46. The van der Waals surface area contributed by atoms with Crippen molar-refractivity contribution in [2.75, 3.05) is 11.4 Å². The molecule has 0 atom stereocenters. The molecule has 2 aromatic carbocycles. The molecule has 21 heavy (non-hydrogen) atoms. The molecule has 7 heteroatoms. The van der Waals surface area contributed by atoms with Crippen molar-refractivity contribution in [3.63, 3.8) is 0 Å². The first-order valence-corrected chi connectivity index (χ1v) is 7.53. The summed E-state index contributed by atoms with van der Waals surface area (Å²) >= 11 is 0. The number of rotatable bonds is 4. The highest BCUT2D eigenvalue weighted by Gasteiger charge is 2.25. The van der Waals surface area contributed by atoms with Crippen LogP contribution in [0.4, 0.5) is 14.5 Å². The number of sulfonamides is 1. The van der Waals surface area contributed by atoms with Gasteiger partial charge in [-0.3, -0.25) is 4.31 Å². The van der Waals surface area contributed by atoms with E-state index in [4.69, 9.17) is 5.73 Å². The van der Waals surface area contributed by atoms with Gasteiger partial charge >= 0.3 is 0 Å². The molecule has 0 aromatic heterocycles. The number of hydrogen-bond donors (Lipinski definition) is 1. The Morgan fingerprint density at radius 2 is 1.71 bits per heavy atom. The minimum absolute atomic E-state index is 0.337. The van der Waals surface area contributed by atoms with E-state index in [1.54, 1.807) is 24.3 Å². The molecule has 112 valence electrons. The Balaban J connectivity index is 2.42. The zero-order valence-electron chi connectivity index (χ0n) is 11.3. The highest BCUT2D eigenvalue weighted by atomic mass is 32.2. The molecule has 0 aliphatic rings. The third kappa shape index (κ3) is 3.03. The van der Waals surface area contributed by atoms with Gasteiger partial charge in [-0.1, -0.05) is 12.1 Å². The second-order valence-electron chi connectivity index (χ2n) is 4.42. The van der Waals surface area contributed by atoms with Crippen molar-refractivity contribution in [2.24, 2.45) is 5.73 Å². The second-order valence-corrected chi connectivity index (χ2v) is 6.36. The van der Waals surface area contributed by atoms with Crippen molar-refractivity contribution in [2.45, 2.75) is 11.4 Å². The molecule has 0 bridgehead atoms. The van der Waals surface area contributed by atoms with Gasteiger partial charge in [0.2, 0.25) is 0 Å². The number of halogens is 2. The van der Waals surface area contributed by atoms with Crippen LogP contribution in [0.15, 0.2) is 47.4 Å². The summed E-state index contributed by atoms with van der Waals surface area (Å²) in [6.07, 6.45) is 0. The van der Waals surface area contributed by atoms with Crippen molar-refractivity contribution in [3.8, 4) is 0 Å². The maximum Gasteiger partial charge on any atom is 0.266 e. The summed E-state index contributed by atoms with van der Waals surface area (Å²) in [4.78, 5) is -0.575. The van der Waals surface area contributed by atoms with Crippen molar-refractivity contribution in [1.82, 2.24) is 0 Å². The molecule has 0 aliphatic heterocycles. The fourth-order valence-corrected chi connectivity index (χ4v) is 3.05. The summed E-state index contributed by atoms with van der Waals surface area (Å²) in [6, 6.07) is 8.86. The molecule has 4 nitrogen and oxygen atoms in total. The van der Waals surface area contributed by atoms with Gasteiger partial charge < -0.3 is 5.73 Å². The number of benzene rings is 2. The second kappa shape index (κ2) is 5.79. The van der Waals surface area contributed by atoms with Crippen molar-refractivity contribution in [1.29, 1.82) is 0 Å². The van der Waals surface area contributed by atoms with E-state index in [9.17, 15) is 17.2 Å². The van der Waals surface area contributed by atoms with E-state index < -0.39 is 26.6 Å². The molecule has 0 fully saturated rings. The Bertz CT molecular complexity index is 746. The first-order chi connectivity index (χ1) is 9.86. The van der Waals surface area contributed by atoms with Crippen LogP contribution in [0.2, 0.25) is 0 Å². The lowest BCUT2D eigenvalue weighted by atomic mass is 10.2. The highest BCUT2D eigenvalue weighted by Crippen LogP contribution is 2.24. The Kier molecular flexibility index (Phi) is 4.24. The van der Waals surface area contributed by atoms with E-state index in [0.29, 0.717) is 18.3 Å². The Labute approximate surface area is 121 Å². The largest absolute Gasteiger partial charge is 0.326 e. The molecule has 0 amide bonds. The van der Waals surface area contributed by atoms with Gasteiger partial charge in [0.1, 0.15) is 16.5 Å². The standard InChI is InChI=1S/C14H14F2N2O2S/c1-18(12-5-2-10(9-17)3-6-12)21(19,20)14-7-4-11(15)8-13(14)16/h2-8H,9,17H2,1H3. The fraction of sp³-hybridized carbons (Fsp3) is 0.143. The molecule has 2 rings (SSSR count). The number of nitrogens with two attached hydrogens (primary N) is 1. The number of anilines is 1. The quantitative estimate of drug-likeness (QED) is 0.942. The van der Waals surface area contributed by atoms with E-state index >= 15 is 0 Å². The first kappa shape index (κ1) is 15.4. The SMILES string of the molecule is CN(c1ccc(CN)cc1)S(=O)(=O)c1ccc(F)cc1F. The van der Waals surface area contributed by atoms with Crippen molar-refractivity contribution in [3.05, 3.63) is 59.7 Å². The van der Waals surface area contributed by atoms with E-state index in [-0.39, 0.29) is 0 Å². The molecule has 0 saturated carbocycles. The van der Waals surface area contributed by atoms with Crippen LogP contribution < -0.4 is 10.0 Å². The van der Waals surface area contributed by atoms with E-state index in [2.05, 4.69) is 0 Å². The minimum atomic E-state index is -4.10. The maximum absolute atomic E-state index is 13.7. The zero-order valence-corrected chi connectivity index (χ0v) is 12.1. The molecule has 0 spiro atoms. The van der Waals surface area contributed by atoms with Gasteiger partial charge in [0.25, 0.3) is 10.0 Å². The van der Waals surface area contributed by atoms with Gasteiger partial charge in [-0.2, -0.15) is 0 Å². The third-order valence-electron chi connectivity index (χ3n) is 3.07. The normalized spacial score (nSPS) is 11.4. The molecule has 0 radical (unpaired) electrons. The molecule has 2 N–H and O–H groups in total. The predicted octanol–water partition coefficient (Wildman–Crippen LogP) is 2.25. The molecule has 0 heterocycles. The molecule has 0 aliphatic carbocycles. The predicted molar refractivity (Wildman–Crippen MR) is 76.3 cm³/mol. The van der Waals surface area contributed by atoms with Crippen LogP contribution in [0.1, 0.15) is 5.56 Å². The summed E-state index contributed by atoms with van der Waals surface area (Å²) in [6.45, 7) is 0.337. The maximum atomic E-state index is 13.7. The Morgan fingerprint density at radius 1 is 1.10 bits per heavy atom. The molecule has 0 saturated heterocycles. The van der Waals surface area contributed by atoms with Crippen LogP contribution in [0.5, 0.6) is 0 Å². The summed E-state index contributed by atoms with van der Waals surface area (Å²) in [5.74, 6) is -1.96. The lowest BCUT2D eigenvalue weighted by molar-refractivity contribution is 0.548. The number of nitrogens with zero attached hydrogens (tertiary/aromatic N) is 1.